The number of hydrogen-bond donors (Lipinski definition) is 2. The van der Waals surface area contributed by atoms with Crippen LogP contribution in [0.15, 0.2) is 30.3 Å². The highest BCUT2D eigenvalue weighted by Gasteiger charge is 2.32. The summed E-state index contributed by atoms with van der Waals surface area (Å²) in [5.41, 5.74) is 0.0204. The molecule has 1 heterocycles. The summed E-state index contributed by atoms with van der Waals surface area (Å²) in [5, 5.41) is 12.7. The Morgan fingerprint density at radius 1 is 1.38 bits per heavy atom. The number of amides is 2. The Bertz CT molecular complexity index is 508. The molecular weight excluding hydrogens is 268 g/mol. The van der Waals surface area contributed by atoms with E-state index in [2.05, 4.69) is 5.32 Å². The number of nitrogens with one attached hydrogen (secondary N) is 1. The maximum absolute atomic E-state index is 12.6. The lowest BCUT2D eigenvalue weighted by molar-refractivity contribution is -0.137. The monoisotopic (exact) mass is 290 g/mol. The molecule has 5 nitrogen and oxygen atoms in total. The van der Waals surface area contributed by atoms with Crippen LogP contribution in [0, 0.1) is 0 Å². The Kier molecular flexibility index (Phi) is 4.63. The highest BCUT2D eigenvalue weighted by Crippen LogP contribution is 2.15. The van der Waals surface area contributed by atoms with E-state index in [1.165, 1.54) is 0 Å². The van der Waals surface area contributed by atoms with Gasteiger partial charge in [-0.1, -0.05) is 30.3 Å². The van der Waals surface area contributed by atoms with Crippen LogP contribution in [-0.2, 0) is 16.1 Å². The SMILES string of the molecule is CC(C)(O)CN(Cc1ccccc1)C(=O)C1CCC(=O)N1. The lowest BCUT2D eigenvalue weighted by Crippen LogP contribution is -2.48. The summed E-state index contributed by atoms with van der Waals surface area (Å²) in [4.78, 5) is 25.5. The van der Waals surface area contributed by atoms with Gasteiger partial charge in [0.2, 0.25) is 11.8 Å². The summed E-state index contributed by atoms with van der Waals surface area (Å²) in [6, 6.07) is 9.17. The molecule has 0 spiro atoms. The van der Waals surface area contributed by atoms with Gasteiger partial charge in [0.15, 0.2) is 0 Å². The van der Waals surface area contributed by atoms with Gasteiger partial charge in [-0.2, -0.15) is 0 Å². The fourth-order valence-corrected chi connectivity index (χ4v) is 2.50. The molecule has 0 saturated carbocycles. The van der Waals surface area contributed by atoms with Crippen molar-refractivity contribution in [3.05, 3.63) is 35.9 Å². The Morgan fingerprint density at radius 3 is 2.57 bits per heavy atom. The standard InChI is InChI=1S/C16H22N2O3/c1-16(2,21)11-18(10-12-6-4-3-5-7-12)15(20)13-8-9-14(19)17-13/h3-7,13,21H,8-11H2,1-2H3,(H,17,19). The fraction of sp³-hybridized carbons (Fsp3) is 0.500. The van der Waals surface area contributed by atoms with Crippen LogP contribution in [0.1, 0.15) is 32.3 Å². The molecule has 0 aliphatic carbocycles. The predicted molar refractivity (Wildman–Crippen MR) is 79.3 cm³/mol. The van der Waals surface area contributed by atoms with Crippen molar-refractivity contribution in [3.8, 4) is 0 Å². The third kappa shape index (κ3) is 4.56. The van der Waals surface area contributed by atoms with Gasteiger partial charge in [-0.3, -0.25) is 9.59 Å². The molecule has 2 N–H and O–H groups in total. The first-order valence-corrected chi connectivity index (χ1v) is 7.19. The van der Waals surface area contributed by atoms with E-state index >= 15 is 0 Å². The second kappa shape index (κ2) is 6.26. The van der Waals surface area contributed by atoms with E-state index in [1.54, 1.807) is 18.7 Å². The van der Waals surface area contributed by atoms with Crippen molar-refractivity contribution in [2.24, 2.45) is 0 Å². The lowest BCUT2D eigenvalue weighted by Gasteiger charge is -2.31. The van der Waals surface area contributed by atoms with Gasteiger partial charge in [-0.25, -0.2) is 0 Å². The summed E-state index contributed by atoms with van der Waals surface area (Å²) in [6.07, 6.45) is 0.910. The smallest absolute Gasteiger partial charge is 0.245 e. The lowest BCUT2D eigenvalue weighted by atomic mass is 10.1. The Labute approximate surface area is 125 Å². The van der Waals surface area contributed by atoms with E-state index < -0.39 is 11.6 Å². The molecule has 1 atom stereocenters. The summed E-state index contributed by atoms with van der Waals surface area (Å²) in [6.45, 7) is 4.00. The van der Waals surface area contributed by atoms with E-state index in [1.807, 2.05) is 30.3 Å². The van der Waals surface area contributed by atoms with Crippen LogP contribution in [0.2, 0.25) is 0 Å². The molecule has 1 fully saturated rings. The summed E-state index contributed by atoms with van der Waals surface area (Å²) >= 11 is 0. The molecule has 1 aromatic carbocycles. The van der Waals surface area contributed by atoms with Gasteiger partial charge in [0, 0.05) is 19.5 Å². The van der Waals surface area contributed by atoms with E-state index in [4.69, 9.17) is 0 Å². The second-order valence-electron chi connectivity index (χ2n) is 6.15. The molecule has 114 valence electrons. The van der Waals surface area contributed by atoms with Crippen molar-refractivity contribution in [3.63, 3.8) is 0 Å². The fourth-order valence-electron chi connectivity index (χ4n) is 2.50. The first-order valence-electron chi connectivity index (χ1n) is 7.19. The largest absolute Gasteiger partial charge is 0.389 e. The Balaban J connectivity index is 2.11. The Hall–Kier alpha value is -1.88. The number of carbonyl (C=O) groups is 2. The molecule has 1 unspecified atom stereocenters. The van der Waals surface area contributed by atoms with Crippen LogP contribution in [0.5, 0.6) is 0 Å². The highest BCUT2D eigenvalue weighted by molar-refractivity contribution is 5.90. The van der Waals surface area contributed by atoms with E-state index in [0.717, 1.165) is 5.56 Å². The van der Waals surface area contributed by atoms with Gasteiger partial charge >= 0.3 is 0 Å². The summed E-state index contributed by atoms with van der Waals surface area (Å²) in [7, 11) is 0. The number of benzene rings is 1. The number of hydrogen-bond acceptors (Lipinski definition) is 3. The van der Waals surface area contributed by atoms with Gasteiger partial charge in [0.25, 0.3) is 0 Å². The van der Waals surface area contributed by atoms with Crippen LogP contribution in [0.25, 0.3) is 0 Å². The number of carbonyl (C=O) groups excluding carboxylic acids is 2. The van der Waals surface area contributed by atoms with Gasteiger partial charge in [-0.15, -0.1) is 0 Å². The molecule has 1 saturated heterocycles. The molecule has 0 bridgehead atoms. The number of nitrogens with zero attached hydrogens (tertiary/aromatic N) is 1. The van der Waals surface area contributed by atoms with Gasteiger partial charge < -0.3 is 15.3 Å². The number of rotatable bonds is 5. The van der Waals surface area contributed by atoms with Crippen LogP contribution < -0.4 is 5.32 Å². The molecule has 0 radical (unpaired) electrons. The third-order valence-corrected chi connectivity index (χ3v) is 3.40. The molecular formula is C16H22N2O3. The van der Waals surface area contributed by atoms with Crippen molar-refractivity contribution >= 4 is 11.8 Å². The summed E-state index contributed by atoms with van der Waals surface area (Å²) in [5.74, 6) is -0.219. The van der Waals surface area contributed by atoms with Crippen LogP contribution in [0.4, 0.5) is 0 Å². The second-order valence-corrected chi connectivity index (χ2v) is 6.15. The van der Waals surface area contributed by atoms with Crippen LogP contribution in [0.3, 0.4) is 0 Å². The molecule has 21 heavy (non-hydrogen) atoms. The van der Waals surface area contributed by atoms with Gasteiger partial charge in [-0.05, 0) is 25.8 Å². The first-order chi connectivity index (χ1) is 9.85. The third-order valence-electron chi connectivity index (χ3n) is 3.40. The first kappa shape index (κ1) is 15.5. The maximum Gasteiger partial charge on any atom is 0.245 e. The zero-order valence-corrected chi connectivity index (χ0v) is 12.5. The molecule has 0 aromatic heterocycles. The van der Waals surface area contributed by atoms with Crippen molar-refractivity contribution in [2.75, 3.05) is 6.54 Å². The Morgan fingerprint density at radius 2 is 2.05 bits per heavy atom. The molecule has 2 rings (SSSR count). The van der Waals surface area contributed by atoms with E-state index in [9.17, 15) is 14.7 Å². The molecule has 1 aliphatic rings. The van der Waals surface area contributed by atoms with Crippen LogP contribution in [-0.4, -0.2) is 40.0 Å². The van der Waals surface area contributed by atoms with Crippen molar-refractivity contribution in [2.45, 2.75) is 44.9 Å². The average Bonchev–Trinajstić information content (AvgIpc) is 2.83. The molecule has 1 aliphatic heterocycles. The molecule has 2 amide bonds. The number of aliphatic hydroxyl groups is 1. The van der Waals surface area contributed by atoms with Crippen molar-refractivity contribution in [1.29, 1.82) is 0 Å². The minimum atomic E-state index is -0.979. The molecule has 5 heteroatoms. The summed E-state index contributed by atoms with van der Waals surface area (Å²) < 4.78 is 0. The normalized spacial score (nSPS) is 18.4. The van der Waals surface area contributed by atoms with Gasteiger partial charge in [0.1, 0.15) is 6.04 Å². The van der Waals surface area contributed by atoms with Crippen LogP contribution >= 0.6 is 0 Å². The molecule has 1 aromatic rings. The predicted octanol–water partition coefficient (Wildman–Crippen LogP) is 1.06. The van der Waals surface area contributed by atoms with Crippen molar-refractivity contribution in [1.82, 2.24) is 10.2 Å². The topological polar surface area (TPSA) is 69.6 Å². The highest BCUT2D eigenvalue weighted by atomic mass is 16.3. The average molecular weight is 290 g/mol. The van der Waals surface area contributed by atoms with E-state index in [0.29, 0.717) is 19.4 Å². The zero-order chi connectivity index (χ0) is 15.5. The maximum atomic E-state index is 12.6. The quantitative estimate of drug-likeness (QED) is 0.852. The zero-order valence-electron chi connectivity index (χ0n) is 12.5. The minimum Gasteiger partial charge on any atom is -0.389 e. The van der Waals surface area contributed by atoms with Gasteiger partial charge in [0.05, 0.1) is 5.60 Å². The van der Waals surface area contributed by atoms with E-state index in [-0.39, 0.29) is 18.4 Å². The minimum absolute atomic E-state index is 0.0868. The van der Waals surface area contributed by atoms with Crippen molar-refractivity contribution < 1.29 is 14.7 Å².